The monoisotopic (exact) mass is 257 g/mol. The standard InChI is InChI=1S/C14H15N3O2/c1-17-7-6-14(8-10(17)9-15)11-4-2-3-5-12(11)16-13(18)19-14/h2-5,10H,6-8H2,1H3,(H,16,18). The van der Waals surface area contributed by atoms with E-state index in [-0.39, 0.29) is 6.04 Å². The van der Waals surface area contributed by atoms with Crippen LogP contribution in [0.2, 0.25) is 0 Å². The number of benzene rings is 1. The van der Waals surface area contributed by atoms with Crippen molar-refractivity contribution in [2.45, 2.75) is 24.5 Å². The van der Waals surface area contributed by atoms with Gasteiger partial charge in [0.1, 0.15) is 11.6 Å². The average Bonchev–Trinajstić information content (AvgIpc) is 2.41. The fraction of sp³-hybridized carbons (Fsp3) is 0.429. The molecular weight excluding hydrogens is 242 g/mol. The Kier molecular flexibility index (Phi) is 2.68. The molecule has 0 aromatic heterocycles. The lowest BCUT2D eigenvalue weighted by Crippen LogP contribution is -2.51. The molecule has 2 aliphatic rings. The number of carbonyl (C=O) groups excluding carboxylic acids is 1. The van der Waals surface area contributed by atoms with E-state index in [2.05, 4.69) is 11.4 Å². The Morgan fingerprint density at radius 2 is 2.32 bits per heavy atom. The summed E-state index contributed by atoms with van der Waals surface area (Å²) in [6.07, 6.45) is 0.802. The molecule has 3 rings (SSSR count). The van der Waals surface area contributed by atoms with E-state index in [0.29, 0.717) is 12.8 Å². The van der Waals surface area contributed by atoms with Crippen LogP contribution in [0.5, 0.6) is 0 Å². The van der Waals surface area contributed by atoms with Crippen molar-refractivity contribution in [2.75, 3.05) is 18.9 Å². The van der Waals surface area contributed by atoms with Crippen molar-refractivity contribution in [1.29, 1.82) is 5.26 Å². The molecule has 5 heteroatoms. The minimum atomic E-state index is -0.661. The summed E-state index contributed by atoms with van der Waals surface area (Å²) >= 11 is 0. The van der Waals surface area contributed by atoms with Gasteiger partial charge in [-0.2, -0.15) is 5.26 Å². The number of fused-ring (bicyclic) bond motifs is 2. The molecule has 1 aromatic carbocycles. The molecule has 1 fully saturated rings. The van der Waals surface area contributed by atoms with E-state index in [9.17, 15) is 10.1 Å². The number of amides is 1. The number of carbonyl (C=O) groups is 1. The number of hydrogen-bond acceptors (Lipinski definition) is 4. The second-order valence-electron chi connectivity index (χ2n) is 5.13. The second-order valence-corrected chi connectivity index (χ2v) is 5.13. The first-order valence-corrected chi connectivity index (χ1v) is 6.34. The number of para-hydroxylation sites is 1. The van der Waals surface area contributed by atoms with Crippen LogP contribution in [0, 0.1) is 11.3 Å². The summed E-state index contributed by atoms with van der Waals surface area (Å²) in [5.41, 5.74) is 1.11. The first-order chi connectivity index (χ1) is 9.14. The van der Waals surface area contributed by atoms with Gasteiger partial charge >= 0.3 is 6.09 Å². The first kappa shape index (κ1) is 12.0. The van der Waals surface area contributed by atoms with Crippen LogP contribution in [0.1, 0.15) is 18.4 Å². The van der Waals surface area contributed by atoms with Gasteiger partial charge < -0.3 is 4.74 Å². The van der Waals surface area contributed by atoms with Crippen LogP contribution >= 0.6 is 0 Å². The molecule has 5 nitrogen and oxygen atoms in total. The van der Waals surface area contributed by atoms with E-state index < -0.39 is 11.7 Å². The number of anilines is 1. The van der Waals surface area contributed by atoms with Gasteiger partial charge in [-0.25, -0.2) is 4.79 Å². The molecule has 2 aliphatic heterocycles. The molecule has 1 saturated heterocycles. The van der Waals surface area contributed by atoms with E-state index in [4.69, 9.17) is 4.74 Å². The van der Waals surface area contributed by atoms with Crippen molar-refractivity contribution in [3.63, 3.8) is 0 Å². The fourth-order valence-corrected chi connectivity index (χ4v) is 2.92. The summed E-state index contributed by atoms with van der Waals surface area (Å²) in [5.74, 6) is 0. The van der Waals surface area contributed by atoms with Gasteiger partial charge in [0.25, 0.3) is 0 Å². The maximum absolute atomic E-state index is 11.7. The SMILES string of the molecule is CN1CCC2(CC1C#N)OC(=O)Nc1ccccc12. The number of nitriles is 1. The van der Waals surface area contributed by atoms with Crippen LogP contribution in [0.15, 0.2) is 24.3 Å². The molecule has 2 heterocycles. The molecule has 1 amide bonds. The van der Waals surface area contributed by atoms with E-state index in [1.54, 1.807) is 0 Å². The summed E-state index contributed by atoms with van der Waals surface area (Å²) in [6, 6.07) is 9.71. The van der Waals surface area contributed by atoms with Crippen molar-refractivity contribution in [3.8, 4) is 6.07 Å². The minimum absolute atomic E-state index is 0.229. The van der Waals surface area contributed by atoms with Gasteiger partial charge in [0, 0.05) is 24.9 Å². The van der Waals surface area contributed by atoms with Crippen LogP contribution < -0.4 is 5.32 Å². The summed E-state index contributed by atoms with van der Waals surface area (Å²) < 4.78 is 5.59. The average molecular weight is 257 g/mol. The molecule has 0 aliphatic carbocycles. The summed E-state index contributed by atoms with van der Waals surface area (Å²) in [5, 5.41) is 12.0. The highest BCUT2D eigenvalue weighted by atomic mass is 16.6. The Balaban J connectivity index is 2.05. The minimum Gasteiger partial charge on any atom is -0.438 e. The van der Waals surface area contributed by atoms with Crippen LogP contribution in [0.25, 0.3) is 0 Å². The molecular formula is C14H15N3O2. The number of likely N-dealkylation sites (tertiary alicyclic amines) is 1. The molecule has 1 aromatic rings. The summed E-state index contributed by atoms with van der Waals surface area (Å²) in [7, 11) is 1.93. The number of piperidine rings is 1. The molecule has 1 N–H and O–H groups in total. The largest absolute Gasteiger partial charge is 0.438 e. The molecule has 0 bridgehead atoms. The van der Waals surface area contributed by atoms with E-state index >= 15 is 0 Å². The molecule has 98 valence electrons. The third-order valence-corrected chi connectivity index (χ3v) is 4.02. The summed E-state index contributed by atoms with van der Waals surface area (Å²) in [6.45, 7) is 0.736. The van der Waals surface area contributed by atoms with Crippen LogP contribution in [-0.4, -0.2) is 30.6 Å². The van der Waals surface area contributed by atoms with Crippen molar-refractivity contribution in [3.05, 3.63) is 29.8 Å². The molecule has 19 heavy (non-hydrogen) atoms. The number of ether oxygens (including phenoxy) is 1. The Morgan fingerprint density at radius 1 is 1.53 bits per heavy atom. The maximum atomic E-state index is 11.7. The van der Waals surface area contributed by atoms with Gasteiger partial charge in [-0.1, -0.05) is 18.2 Å². The number of rotatable bonds is 0. The number of nitrogens with one attached hydrogen (secondary N) is 1. The number of nitrogens with zero attached hydrogens (tertiary/aromatic N) is 2. The topological polar surface area (TPSA) is 65.4 Å². The van der Waals surface area contributed by atoms with Crippen LogP contribution in [0.4, 0.5) is 10.5 Å². The normalized spacial score (nSPS) is 30.1. The number of hydrogen-bond donors (Lipinski definition) is 1. The molecule has 0 radical (unpaired) electrons. The van der Waals surface area contributed by atoms with Gasteiger partial charge in [0.05, 0.1) is 11.8 Å². The lowest BCUT2D eigenvalue weighted by Gasteiger charge is -2.45. The fourth-order valence-electron chi connectivity index (χ4n) is 2.92. The quantitative estimate of drug-likeness (QED) is 0.772. The highest BCUT2D eigenvalue weighted by Gasteiger charge is 2.47. The molecule has 0 saturated carbocycles. The smallest absolute Gasteiger partial charge is 0.412 e. The molecule has 2 atom stereocenters. The van der Waals surface area contributed by atoms with Crippen LogP contribution in [-0.2, 0) is 10.3 Å². The summed E-state index contributed by atoms with van der Waals surface area (Å²) in [4.78, 5) is 13.7. The van der Waals surface area contributed by atoms with Gasteiger partial charge in [-0.15, -0.1) is 0 Å². The highest BCUT2D eigenvalue weighted by Crippen LogP contribution is 2.44. The third-order valence-electron chi connectivity index (χ3n) is 4.02. The van der Waals surface area contributed by atoms with E-state index in [1.807, 2.05) is 36.2 Å². The zero-order valence-corrected chi connectivity index (χ0v) is 10.7. The Bertz CT molecular complexity index is 566. The van der Waals surface area contributed by atoms with Crippen molar-refractivity contribution < 1.29 is 9.53 Å². The van der Waals surface area contributed by atoms with Gasteiger partial charge in [0.2, 0.25) is 0 Å². The van der Waals surface area contributed by atoms with E-state index in [1.165, 1.54) is 0 Å². The Labute approximate surface area is 111 Å². The predicted molar refractivity (Wildman–Crippen MR) is 69.5 cm³/mol. The highest BCUT2D eigenvalue weighted by molar-refractivity contribution is 5.88. The second kappa shape index (κ2) is 4.25. The van der Waals surface area contributed by atoms with E-state index in [0.717, 1.165) is 17.8 Å². The third kappa shape index (κ3) is 1.85. The Morgan fingerprint density at radius 3 is 3.11 bits per heavy atom. The maximum Gasteiger partial charge on any atom is 0.412 e. The van der Waals surface area contributed by atoms with Crippen LogP contribution in [0.3, 0.4) is 0 Å². The Hall–Kier alpha value is -2.06. The first-order valence-electron chi connectivity index (χ1n) is 6.34. The van der Waals surface area contributed by atoms with Gasteiger partial charge in [0.15, 0.2) is 0 Å². The molecule has 2 unspecified atom stereocenters. The lowest BCUT2D eigenvalue weighted by atomic mass is 9.79. The van der Waals surface area contributed by atoms with Crippen molar-refractivity contribution in [1.82, 2.24) is 4.90 Å². The van der Waals surface area contributed by atoms with Crippen molar-refractivity contribution in [2.24, 2.45) is 0 Å². The zero-order valence-electron chi connectivity index (χ0n) is 10.7. The predicted octanol–water partition coefficient (Wildman–Crippen LogP) is 2.06. The van der Waals surface area contributed by atoms with Gasteiger partial charge in [-0.05, 0) is 13.1 Å². The van der Waals surface area contributed by atoms with Crippen molar-refractivity contribution >= 4 is 11.8 Å². The molecule has 1 spiro atoms. The lowest BCUT2D eigenvalue weighted by molar-refractivity contribution is -0.0444. The van der Waals surface area contributed by atoms with Gasteiger partial charge in [-0.3, -0.25) is 10.2 Å². The zero-order chi connectivity index (χ0) is 13.5.